The second-order valence-corrected chi connectivity index (χ2v) is 3.79. The maximum atomic E-state index is 9.22. The number of aliphatic hydroxyl groups excluding tert-OH is 4. The molecule has 5 nitrogen and oxygen atoms in total. The van der Waals surface area contributed by atoms with Crippen LogP contribution < -0.4 is 0 Å². The molecule has 0 bridgehead atoms. The summed E-state index contributed by atoms with van der Waals surface area (Å²) in [5.41, 5.74) is 0. The average Bonchev–Trinajstić information content (AvgIpc) is 2.08. The van der Waals surface area contributed by atoms with Crippen LogP contribution in [-0.4, -0.2) is 72.5 Å². The van der Waals surface area contributed by atoms with Crippen molar-refractivity contribution < 1.29 is 25.2 Å². The van der Waals surface area contributed by atoms with Gasteiger partial charge in [-0.2, -0.15) is 0 Å². The molecule has 1 aliphatic rings. The molecule has 1 saturated heterocycles. The fourth-order valence-electron chi connectivity index (χ4n) is 1.08. The summed E-state index contributed by atoms with van der Waals surface area (Å²) >= 11 is 2.03. The third-order valence-corrected chi connectivity index (χ3v) is 2.76. The van der Waals surface area contributed by atoms with Crippen molar-refractivity contribution >= 4 is 16.0 Å². The first kappa shape index (κ1) is 10.4. The van der Waals surface area contributed by atoms with E-state index in [0.717, 1.165) is 0 Å². The summed E-state index contributed by atoms with van der Waals surface area (Å²) in [7, 11) is 0. The molecule has 0 aliphatic carbocycles. The Morgan fingerprint density at radius 1 is 1.08 bits per heavy atom. The van der Waals surface area contributed by atoms with Gasteiger partial charge in [0.2, 0.25) is 0 Å². The van der Waals surface area contributed by atoms with E-state index >= 15 is 0 Å². The molecule has 0 radical (unpaired) electrons. The first-order valence-electron chi connectivity index (χ1n) is 3.56. The van der Waals surface area contributed by atoms with Crippen LogP contribution >= 0.6 is 0 Å². The standard InChI is InChI=1S/C6H12O5Se/c7-1-2-3(8)4(9)5(10)6(12)11-2/h2-10,12H,1H2/t2-,3-,4+,5-,6+/m1/s1. The van der Waals surface area contributed by atoms with Crippen molar-refractivity contribution in [3.05, 3.63) is 0 Å². The predicted octanol–water partition coefficient (Wildman–Crippen LogP) is -3.31. The van der Waals surface area contributed by atoms with Gasteiger partial charge in [0.15, 0.2) is 0 Å². The van der Waals surface area contributed by atoms with Gasteiger partial charge in [-0.25, -0.2) is 0 Å². The summed E-state index contributed by atoms with van der Waals surface area (Å²) in [5, 5.41) is 35.7. The van der Waals surface area contributed by atoms with Gasteiger partial charge in [-0.1, -0.05) is 0 Å². The number of hydrogen-bond donors (Lipinski definition) is 4. The van der Waals surface area contributed by atoms with Gasteiger partial charge in [0, 0.05) is 0 Å². The minimum absolute atomic E-state index is 0.376. The van der Waals surface area contributed by atoms with Gasteiger partial charge >= 0.3 is 77.2 Å². The molecule has 4 N–H and O–H groups in total. The Hall–Kier alpha value is 0.319. The summed E-state index contributed by atoms with van der Waals surface area (Å²) in [6, 6.07) is 0. The second kappa shape index (κ2) is 4.02. The zero-order valence-corrected chi connectivity index (χ0v) is 8.11. The molecule has 12 heavy (non-hydrogen) atoms. The number of ether oxygens (including phenoxy) is 1. The quantitative estimate of drug-likeness (QED) is 0.362. The van der Waals surface area contributed by atoms with Crippen LogP contribution in [0.15, 0.2) is 0 Å². The van der Waals surface area contributed by atoms with Gasteiger partial charge in [-0.15, -0.1) is 0 Å². The topological polar surface area (TPSA) is 90.2 Å². The average molecular weight is 243 g/mol. The zero-order valence-electron chi connectivity index (χ0n) is 6.24. The van der Waals surface area contributed by atoms with Crippen molar-refractivity contribution in [1.82, 2.24) is 0 Å². The van der Waals surface area contributed by atoms with Crippen LogP contribution in [0.5, 0.6) is 0 Å². The van der Waals surface area contributed by atoms with E-state index < -0.39 is 29.4 Å². The molecule has 1 aliphatic heterocycles. The van der Waals surface area contributed by atoms with Crippen molar-refractivity contribution in [3.8, 4) is 0 Å². The predicted molar refractivity (Wildman–Crippen MR) is 40.9 cm³/mol. The van der Waals surface area contributed by atoms with Gasteiger partial charge < -0.3 is 0 Å². The Bertz CT molecular complexity index is 150. The van der Waals surface area contributed by atoms with Crippen LogP contribution in [-0.2, 0) is 4.74 Å². The fourth-order valence-corrected chi connectivity index (χ4v) is 1.78. The monoisotopic (exact) mass is 244 g/mol. The first-order valence-corrected chi connectivity index (χ1v) is 4.65. The molecule has 0 aromatic heterocycles. The summed E-state index contributed by atoms with van der Waals surface area (Å²) in [6.45, 7) is -0.376. The third kappa shape index (κ3) is 1.80. The van der Waals surface area contributed by atoms with E-state index in [9.17, 15) is 15.3 Å². The van der Waals surface area contributed by atoms with E-state index in [1.165, 1.54) is 0 Å². The van der Waals surface area contributed by atoms with E-state index in [1.807, 2.05) is 16.0 Å². The minimum atomic E-state index is -1.26. The number of rotatable bonds is 1. The fraction of sp³-hybridized carbons (Fsp3) is 1.00. The van der Waals surface area contributed by atoms with Crippen molar-refractivity contribution in [2.75, 3.05) is 6.61 Å². The van der Waals surface area contributed by atoms with Gasteiger partial charge in [0.1, 0.15) is 0 Å². The zero-order chi connectivity index (χ0) is 9.30. The Balaban J connectivity index is 2.63. The molecule has 1 fully saturated rings. The van der Waals surface area contributed by atoms with Crippen LogP contribution in [0.3, 0.4) is 0 Å². The van der Waals surface area contributed by atoms with E-state index in [1.54, 1.807) is 0 Å². The molecule has 0 spiro atoms. The van der Waals surface area contributed by atoms with Crippen LogP contribution in [0.1, 0.15) is 0 Å². The molecule has 0 aromatic rings. The van der Waals surface area contributed by atoms with Crippen molar-refractivity contribution in [2.45, 2.75) is 29.4 Å². The summed E-state index contributed by atoms with van der Waals surface area (Å²) in [4.78, 5) is 0. The maximum absolute atomic E-state index is 9.22. The van der Waals surface area contributed by atoms with Crippen molar-refractivity contribution in [2.24, 2.45) is 0 Å². The van der Waals surface area contributed by atoms with Crippen LogP contribution in [0.2, 0.25) is 0 Å². The van der Waals surface area contributed by atoms with E-state index in [-0.39, 0.29) is 6.61 Å². The third-order valence-electron chi connectivity index (χ3n) is 1.87. The molecule has 72 valence electrons. The van der Waals surface area contributed by atoms with E-state index in [0.29, 0.717) is 0 Å². The normalized spacial score (nSPS) is 49.2. The molecule has 5 atom stereocenters. The summed E-state index contributed by atoms with van der Waals surface area (Å²) in [5.74, 6) is 0. The number of hydrogen-bond acceptors (Lipinski definition) is 5. The SMILES string of the molecule is OC[C@H]1O[C@@H]([SeH])[C@H](O)[C@@H](O)[C@@H]1O. The molecular formula is C6H12O5Se. The van der Waals surface area contributed by atoms with Crippen molar-refractivity contribution in [3.63, 3.8) is 0 Å². The van der Waals surface area contributed by atoms with Gasteiger partial charge in [-0.3, -0.25) is 0 Å². The molecule has 6 heteroatoms. The van der Waals surface area contributed by atoms with Crippen LogP contribution in [0.4, 0.5) is 0 Å². The Morgan fingerprint density at radius 3 is 2.17 bits per heavy atom. The Morgan fingerprint density at radius 2 is 1.67 bits per heavy atom. The summed E-state index contributed by atoms with van der Waals surface area (Å²) < 4.78 is 4.99. The van der Waals surface area contributed by atoms with Gasteiger partial charge in [0.25, 0.3) is 0 Å². The molecule has 1 rings (SSSR count). The Labute approximate surface area is 77.8 Å². The second-order valence-electron chi connectivity index (χ2n) is 2.72. The van der Waals surface area contributed by atoms with Gasteiger partial charge in [-0.05, 0) is 0 Å². The molecule has 1 heterocycles. The van der Waals surface area contributed by atoms with Gasteiger partial charge in [0.05, 0.1) is 0 Å². The van der Waals surface area contributed by atoms with Crippen molar-refractivity contribution in [1.29, 1.82) is 0 Å². The van der Waals surface area contributed by atoms with Crippen LogP contribution in [0.25, 0.3) is 0 Å². The molecule has 0 unspecified atom stereocenters. The Kier molecular flexibility index (Phi) is 3.48. The number of aliphatic hydroxyl groups is 4. The molecule has 0 amide bonds. The molecule has 0 saturated carbocycles. The van der Waals surface area contributed by atoms with E-state index in [4.69, 9.17) is 9.84 Å². The molecule has 0 aromatic carbocycles. The summed E-state index contributed by atoms with van der Waals surface area (Å²) in [6.07, 6.45) is -4.44. The first-order chi connectivity index (χ1) is 5.57. The van der Waals surface area contributed by atoms with Crippen LogP contribution in [0, 0.1) is 0 Å². The molecular weight excluding hydrogens is 231 g/mol. The van der Waals surface area contributed by atoms with E-state index in [2.05, 4.69) is 0 Å².